The molecule has 1 atom stereocenters. The van der Waals surface area contributed by atoms with Crippen molar-refractivity contribution in [3.8, 4) is 11.5 Å². The maximum absolute atomic E-state index is 11.5. The van der Waals surface area contributed by atoms with Crippen LogP contribution in [0.1, 0.15) is 31.7 Å². The van der Waals surface area contributed by atoms with E-state index in [2.05, 4.69) is 5.32 Å². The number of methoxy groups -OCH3 is 2. The number of aryl methyl sites for hydroxylation is 1. The summed E-state index contributed by atoms with van der Waals surface area (Å²) in [5, 5.41) is 2.91. The SMILES string of the molecule is COc1ccc(CCCNC(=O)CCC(C)N)cc1OC.Cl. The van der Waals surface area contributed by atoms with Gasteiger partial charge in [-0.15, -0.1) is 12.4 Å². The number of nitrogens with one attached hydrogen (secondary N) is 1. The Morgan fingerprint density at radius 3 is 2.55 bits per heavy atom. The van der Waals surface area contributed by atoms with E-state index in [4.69, 9.17) is 15.2 Å². The molecule has 5 nitrogen and oxygen atoms in total. The molecule has 1 rings (SSSR count). The molecule has 0 fully saturated rings. The Morgan fingerprint density at radius 2 is 1.95 bits per heavy atom. The summed E-state index contributed by atoms with van der Waals surface area (Å²) >= 11 is 0. The molecule has 0 bridgehead atoms. The summed E-state index contributed by atoms with van der Waals surface area (Å²) < 4.78 is 10.5. The van der Waals surface area contributed by atoms with Crippen molar-refractivity contribution in [1.82, 2.24) is 5.32 Å². The summed E-state index contributed by atoms with van der Waals surface area (Å²) in [6.07, 6.45) is 2.99. The van der Waals surface area contributed by atoms with Crippen molar-refractivity contribution in [2.24, 2.45) is 5.73 Å². The molecule has 3 N–H and O–H groups in total. The van der Waals surface area contributed by atoms with E-state index < -0.39 is 0 Å². The zero-order valence-electron chi connectivity index (χ0n) is 13.6. The van der Waals surface area contributed by atoms with E-state index in [0.29, 0.717) is 13.0 Å². The molecular formula is C16H27ClN2O3. The van der Waals surface area contributed by atoms with Crippen molar-refractivity contribution in [3.63, 3.8) is 0 Å². The van der Waals surface area contributed by atoms with Gasteiger partial charge in [-0.2, -0.15) is 0 Å². The van der Waals surface area contributed by atoms with Crippen molar-refractivity contribution in [2.45, 2.75) is 38.6 Å². The smallest absolute Gasteiger partial charge is 0.220 e. The molecule has 0 saturated carbocycles. The van der Waals surface area contributed by atoms with Crippen LogP contribution in [0.25, 0.3) is 0 Å². The second-order valence-electron chi connectivity index (χ2n) is 5.16. The lowest BCUT2D eigenvalue weighted by Gasteiger charge is -2.10. The molecule has 0 aromatic heterocycles. The zero-order chi connectivity index (χ0) is 15.7. The molecule has 1 unspecified atom stereocenters. The largest absolute Gasteiger partial charge is 0.493 e. The number of rotatable bonds is 9. The average molecular weight is 331 g/mol. The van der Waals surface area contributed by atoms with Gasteiger partial charge in [0.15, 0.2) is 11.5 Å². The zero-order valence-corrected chi connectivity index (χ0v) is 14.4. The number of amides is 1. The Kier molecular flexibility index (Phi) is 10.4. The van der Waals surface area contributed by atoms with Crippen LogP contribution in [-0.2, 0) is 11.2 Å². The van der Waals surface area contributed by atoms with Crippen LogP contribution in [0.3, 0.4) is 0 Å². The fourth-order valence-electron chi connectivity index (χ4n) is 2.00. The van der Waals surface area contributed by atoms with Gasteiger partial charge in [0.25, 0.3) is 0 Å². The summed E-state index contributed by atoms with van der Waals surface area (Å²) in [5.41, 5.74) is 6.78. The van der Waals surface area contributed by atoms with E-state index in [1.54, 1.807) is 14.2 Å². The van der Waals surface area contributed by atoms with Crippen molar-refractivity contribution < 1.29 is 14.3 Å². The molecular weight excluding hydrogens is 304 g/mol. The van der Waals surface area contributed by atoms with E-state index in [1.807, 2.05) is 25.1 Å². The van der Waals surface area contributed by atoms with Crippen molar-refractivity contribution in [3.05, 3.63) is 23.8 Å². The molecule has 0 spiro atoms. The Morgan fingerprint density at radius 1 is 1.27 bits per heavy atom. The first-order valence-electron chi connectivity index (χ1n) is 7.30. The van der Waals surface area contributed by atoms with Gasteiger partial charge in [0.2, 0.25) is 5.91 Å². The van der Waals surface area contributed by atoms with E-state index >= 15 is 0 Å². The number of halogens is 1. The highest BCUT2D eigenvalue weighted by atomic mass is 35.5. The third kappa shape index (κ3) is 7.52. The van der Waals surface area contributed by atoms with Crippen molar-refractivity contribution in [1.29, 1.82) is 0 Å². The second-order valence-corrected chi connectivity index (χ2v) is 5.16. The van der Waals surface area contributed by atoms with Gasteiger partial charge in [0.05, 0.1) is 14.2 Å². The Labute approximate surface area is 139 Å². The van der Waals surface area contributed by atoms with Gasteiger partial charge in [-0.05, 0) is 43.9 Å². The number of ether oxygens (including phenoxy) is 2. The summed E-state index contributed by atoms with van der Waals surface area (Å²) in [4.78, 5) is 11.5. The van der Waals surface area contributed by atoms with Crippen molar-refractivity contribution >= 4 is 18.3 Å². The third-order valence-corrected chi connectivity index (χ3v) is 3.24. The van der Waals surface area contributed by atoms with Gasteiger partial charge in [-0.1, -0.05) is 6.07 Å². The van der Waals surface area contributed by atoms with Crippen LogP contribution in [-0.4, -0.2) is 32.7 Å². The number of nitrogens with two attached hydrogens (primary N) is 1. The molecule has 0 saturated heterocycles. The third-order valence-electron chi connectivity index (χ3n) is 3.24. The number of benzene rings is 1. The van der Waals surface area contributed by atoms with Crippen LogP contribution in [0.5, 0.6) is 11.5 Å². The first-order chi connectivity index (χ1) is 10.1. The number of hydrogen-bond donors (Lipinski definition) is 2. The highest BCUT2D eigenvalue weighted by Crippen LogP contribution is 2.27. The standard InChI is InChI=1S/C16H26N2O3.ClH/c1-12(17)6-9-16(19)18-10-4-5-13-7-8-14(20-2)15(11-13)21-3;/h7-8,11-12H,4-6,9-10,17H2,1-3H3,(H,18,19);1H. The lowest BCUT2D eigenvalue weighted by molar-refractivity contribution is -0.121. The van der Waals surface area contributed by atoms with E-state index in [-0.39, 0.29) is 24.4 Å². The van der Waals surface area contributed by atoms with Gasteiger partial charge in [0.1, 0.15) is 0 Å². The fourth-order valence-corrected chi connectivity index (χ4v) is 2.00. The molecule has 6 heteroatoms. The van der Waals surface area contributed by atoms with Crippen molar-refractivity contribution in [2.75, 3.05) is 20.8 Å². The van der Waals surface area contributed by atoms with Crippen LogP contribution < -0.4 is 20.5 Å². The van der Waals surface area contributed by atoms with E-state index in [0.717, 1.165) is 36.3 Å². The number of carbonyl (C=O) groups excluding carboxylic acids is 1. The average Bonchev–Trinajstić information content (AvgIpc) is 2.49. The summed E-state index contributed by atoms with van der Waals surface area (Å²) in [6, 6.07) is 5.95. The topological polar surface area (TPSA) is 73.6 Å². The van der Waals surface area contributed by atoms with E-state index in [9.17, 15) is 4.79 Å². The van der Waals surface area contributed by atoms with Crippen LogP contribution in [0.2, 0.25) is 0 Å². The highest BCUT2D eigenvalue weighted by molar-refractivity contribution is 5.85. The quantitative estimate of drug-likeness (QED) is 0.681. The van der Waals surface area contributed by atoms with Gasteiger partial charge in [0, 0.05) is 19.0 Å². The maximum atomic E-state index is 11.5. The molecule has 1 amide bonds. The maximum Gasteiger partial charge on any atom is 0.220 e. The lowest BCUT2D eigenvalue weighted by Crippen LogP contribution is -2.26. The molecule has 1 aromatic carbocycles. The first-order valence-corrected chi connectivity index (χ1v) is 7.30. The minimum Gasteiger partial charge on any atom is -0.493 e. The normalized spacial score (nSPS) is 11.3. The minimum absolute atomic E-state index is 0. The molecule has 126 valence electrons. The van der Waals surface area contributed by atoms with Gasteiger partial charge in [-0.3, -0.25) is 4.79 Å². The van der Waals surface area contributed by atoms with Gasteiger partial charge >= 0.3 is 0 Å². The lowest BCUT2D eigenvalue weighted by atomic mass is 10.1. The molecule has 0 heterocycles. The molecule has 0 aliphatic heterocycles. The van der Waals surface area contributed by atoms with Crippen LogP contribution in [0.15, 0.2) is 18.2 Å². The Bertz CT molecular complexity index is 453. The van der Waals surface area contributed by atoms with E-state index in [1.165, 1.54) is 0 Å². The predicted octanol–water partition coefficient (Wildman–Crippen LogP) is 2.30. The number of hydrogen-bond acceptors (Lipinski definition) is 4. The Balaban J connectivity index is 0.00000441. The van der Waals surface area contributed by atoms with Gasteiger partial charge < -0.3 is 20.5 Å². The molecule has 0 aliphatic carbocycles. The van der Waals surface area contributed by atoms with Crippen LogP contribution in [0, 0.1) is 0 Å². The predicted molar refractivity (Wildman–Crippen MR) is 91.0 cm³/mol. The summed E-state index contributed by atoms with van der Waals surface area (Å²) in [5.74, 6) is 1.53. The summed E-state index contributed by atoms with van der Waals surface area (Å²) in [7, 11) is 3.25. The highest BCUT2D eigenvalue weighted by Gasteiger charge is 2.05. The molecule has 0 radical (unpaired) electrons. The van der Waals surface area contributed by atoms with Crippen LogP contribution >= 0.6 is 12.4 Å². The molecule has 22 heavy (non-hydrogen) atoms. The Hall–Kier alpha value is -1.46. The van der Waals surface area contributed by atoms with Gasteiger partial charge in [-0.25, -0.2) is 0 Å². The summed E-state index contributed by atoms with van der Waals surface area (Å²) in [6.45, 7) is 2.58. The minimum atomic E-state index is 0. The molecule has 0 aliphatic rings. The second kappa shape index (κ2) is 11.2. The van der Waals surface area contributed by atoms with Crippen LogP contribution in [0.4, 0.5) is 0 Å². The monoisotopic (exact) mass is 330 g/mol. The molecule has 1 aromatic rings. The fraction of sp³-hybridized carbons (Fsp3) is 0.562. The number of carbonyl (C=O) groups is 1. The first kappa shape index (κ1) is 20.5.